The molecule has 3 aliphatic heterocycles. The van der Waals surface area contributed by atoms with Crippen LogP contribution in [0.15, 0.2) is 72.9 Å². The highest BCUT2D eigenvalue weighted by Gasteiger charge is 2.54. The number of amides is 1. The van der Waals surface area contributed by atoms with E-state index in [0.717, 1.165) is 70.6 Å². The molecule has 100 heavy (non-hydrogen) atoms. The van der Waals surface area contributed by atoms with Crippen LogP contribution in [0.1, 0.15) is 303 Å². The molecule has 3 rings (SSSR count). The molecule has 0 spiro atoms. The second-order valence-electron chi connectivity index (χ2n) is 28.5. The number of ether oxygens (including phenoxy) is 6. The topological polar surface area (TPSA) is 307 Å². The molecule has 17 atom stereocenters. The number of aliphatic hydroxyl groups is 11. The molecule has 1 amide bonds. The Balaban J connectivity index is 1.39. The smallest absolute Gasteiger partial charge is 0.220 e. The molecule has 0 aromatic heterocycles. The quantitative estimate of drug-likeness (QED) is 0.0199. The highest BCUT2D eigenvalue weighted by Crippen LogP contribution is 2.33. The van der Waals surface area contributed by atoms with Crippen molar-refractivity contribution in [2.75, 3.05) is 26.4 Å². The zero-order valence-corrected chi connectivity index (χ0v) is 62.2. The van der Waals surface area contributed by atoms with Crippen molar-refractivity contribution in [1.82, 2.24) is 5.32 Å². The lowest BCUT2D eigenvalue weighted by Crippen LogP contribution is -2.66. The number of aliphatic hydroxyl groups excluding tert-OH is 11. The van der Waals surface area contributed by atoms with Crippen LogP contribution < -0.4 is 5.32 Å². The Bertz CT molecular complexity index is 2090. The number of nitrogens with one attached hydrogen (secondary N) is 1. The van der Waals surface area contributed by atoms with Crippen molar-refractivity contribution in [2.24, 2.45) is 0 Å². The molecule has 0 saturated carbocycles. The van der Waals surface area contributed by atoms with Gasteiger partial charge < -0.3 is 89.9 Å². The molecular formula is C81H145NO18. The zero-order chi connectivity index (χ0) is 72.5. The summed E-state index contributed by atoms with van der Waals surface area (Å²) in [6.45, 7) is 1.64. The molecule has 12 N–H and O–H groups in total. The summed E-state index contributed by atoms with van der Waals surface area (Å²) in [5, 5.41) is 121. The van der Waals surface area contributed by atoms with E-state index in [1.54, 1.807) is 6.08 Å². The normalized spacial score (nSPS) is 26.8. The van der Waals surface area contributed by atoms with Gasteiger partial charge in [0.1, 0.15) is 73.2 Å². The molecule has 3 aliphatic rings. The van der Waals surface area contributed by atoms with Gasteiger partial charge in [0.05, 0.1) is 38.6 Å². The van der Waals surface area contributed by atoms with Crippen LogP contribution in [0.25, 0.3) is 0 Å². The minimum absolute atomic E-state index is 0.232. The minimum Gasteiger partial charge on any atom is -0.394 e. The highest BCUT2D eigenvalue weighted by atomic mass is 16.8. The van der Waals surface area contributed by atoms with Crippen LogP contribution in [0, 0.1) is 0 Å². The van der Waals surface area contributed by atoms with Gasteiger partial charge >= 0.3 is 0 Å². The van der Waals surface area contributed by atoms with Crippen molar-refractivity contribution in [3.05, 3.63) is 72.9 Å². The van der Waals surface area contributed by atoms with E-state index in [9.17, 15) is 61.0 Å². The summed E-state index contributed by atoms with van der Waals surface area (Å²) in [7, 11) is 0. The van der Waals surface area contributed by atoms with Crippen molar-refractivity contribution >= 4 is 5.91 Å². The lowest BCUT2D eigenvalue weighted by Gasteiger charge is -2.48. The second-order valence-corrected chi connectivity index (χ2v) is 28.5. The fourth-order valence-corrected chi connectivity index (χ4v) is 13.3. The van der Waals surface area contributed by atoms with E-state index >= 15 is 0 Å². The monoisotopic (exact) mass is 1420 g/mol. The van der Waals surface area contributed by atoms with E-state index in [1.807, 2.05) is 6.08 Å². The van der Waals surface area contributed by atoms with Gasteiger partial charge in [-0.1, -0.05) is 299 Å². The van der Waals surface area contributed by atoms with Crippen LogP contribution >= 0.6 is 0 Å². The Morgan fingerprint density at radius 2 is 0.700 bits per heavy atom. The Labute approximate surface area is 604 Å². The minimum atomic E-state index is -1.98. The highest BCUT2D eigenvalue weighted by molar-refractivity contribution is 5.76. The van der Waals surface area contributed by atoms with E-state index in [2.05, 4.69) is 79.9 Å². The number of hydrogen-bond donors (Lipinski definition) is 12. The van der Waals surface area contributed by atoms with Gasteiger partial charge in [-0.05, 0) is 70.6 Å². The van der Waals surface area contributed by atoms with Crippen LogP contribution in [-0.2, 0) is 33.2 Å². The van der Waals surface area contributed by atoms with Crippen molar-refractivity contribution in [3.63, 3.8) is 0 Å². The predicted molar refractivity (Wildman–Crippen MR) is 397 cm³/mol. The van der Waals surface area contributed by atoms with E-state index in [-0.39, 0.29) is 18.9 Å². The number of rotatable bonds is 63. The first kappa shape index (κ1) is 91.4. The number of allylic oxidation sites excluding steroid dienone is 11. The third-order valence-corrected chi connectivity index (χ3v) is 19.7. The maximum Gasteiger partial charge on any atom is 0.220 e. The summed E-state index contributed by atoms with van der Waals surface area (Å²) < 4.78 is 34.4. The van der Waals surface area contributed by atoms with E-state index < -0.39 is 124 Å². The fraction of sp³-hybridized carbons (Fsp3) is 0.840. The van der Waals surface area contributed by atoms with Crippen LogP contribution in [0.3, 0.4) is 0 Å². The van der Waals surface area contributed by atoms with Gasteiger partial charge in [-0.3, -0.25) is 4.79 Å². The molecule has 3 fully saturated rings. The van der Waals surface area contributed by atoms with Crippen molar-refractivity contribution < 1.29 is 89.4 Å². The van der Waals surface area contributed by atoms with E-state index in [4.69, 9.17) is 28.4 Å². The number of carbonyl (C=O) groups excluding carboxylic acids is 1. The summed E-state index contributed by atoms with van der Waals surface area (Å²) in [5.41, 5.74) is 0. The molecule has 0 aromatic rings. The zero-order valence-electron chi connectivity index (χ0n) is 62.2. The van der Waals surface area contributed by atoms with E-state index in [1.165, 1.54) is 199 Å². The SMILES string of the molecule is CC/C=C\C/C=C\C/C=C\C/C=C\CCCCCCCCCCCCCCCCC(=O)NC(COC1OC(CO)C(OC2OC(CO)C(OC3OC(CO)C(O)C(O)C3O)C(O)C2O)C(O)C1O)C(O)/C=C/CC/C=C/CCCCCCCCCCCCCCCCCCCCCCCC. The summed E-state index contributed by atoms with van der Waals surface area (Å²) >= 11 is 0. The Morgan fingerprint density at radius 1 is 0.370 bits per heavy atom. The lowest BCUT2D eigenvalue weighted by molar-refractivity contribution is -0.379. The first-order chi connectivity index (χ1) is 48.8. The average molecular weight is 1420 g/mol. The molecule has 0 bridgehead atoms. The van der Waals surface area contributed by atoms with Crippen molar-refractivity contribution in [1.29, 1.82) is 0 Å². The van der Waals surface area contributed by atoms with E-state index in [0.29, 0.717) is 12.8 Å². The van der Waals surface area contributed by atoms with Gasteiger partial charge in [0, 0.05) is 6.42 Å². The molecule has 0 aromatic carbocycles. The second kappa shape index (κ2) is 61.4. The summed E-state index contributed by atoms with van der Waals surface area (Å²) in [6.07, 6.45) is 53.2. The summed E-state index contributed by atoms with van der Waals surface area (Å²) in [6, 6.07) is -0.995. The van der Waals surface area contributed by atoms with Gasteiger partial charge in [0.15, 0.2) is 18.9 Å². The van der Waals surface area contributed by atoms with Crippen molar-refractivity contribution in [3.8, 4) is 0 Å². The number of hydrogen-bond acceptors (Lipinski definition) is 18. The van der Waals surface area contributed by atoms with Gasteiger partial charge in [0.25, 0.3) is 0 Å². The third kappa shape index (κ3) is 41.2. The molecule has 17 unspecified atom stereocenters. The van der Waals surface area contributed by atoms with Crippen molar-refractivity contribution in [2.45, 2.75) is 407 Å². The van der Waals surface area contributed by atoms with Gasteiger partial charge in [-0.2, -0.15) is 0 Å². The molecule has 19 heteroatoms. The molecular weight excluding hydrogens is 1270 g/mol. The standard InChI is InChI=1S/C81H145NO18/c1-3-5-7-9-11-13-15-17-19-21-23-25-27-29-31-33-34-36-38-40-42-44-46-48-50-52-54-56-58-65(86)64(82-69(87)59-57-55-53-51-49-47-45-43-41-39-37-35-32-30-28-26-24-22-20-18-16-14-12-10-8-6-4-2)63-95-79-75(93)72(90)77(67(61-84)97-79)100-81-76(94)73(91)78(68(62-85)98-81)99-80-74(92)71(89)70(88)66(60-83)96-80/h6,8,12,14,18,20,24,26,48,50,56,58,64-68,70-81,83-86,88-94H,3-5,7,9-11,13,15-17,19,21-23,25,27-47,49,51-55,57,59-63H2,1-2H3,(H,82,87)/b8-6-,14-12-,20-18-,26-24-,50-48+,58-56+. The van der Waals surface area contributed by atoms with Crippen LogP contribution in [0.4, 0.5) is 0 Å². The van der Waals surface area contributed by atoms with Crippen LogP contribution in [0.2, 0.25) is 0 Å². The predicted octanol–water partition coefficient (Wildman–Crippen LogP) is 13.2. The number of carbonyl (C=O) groups is 1. The Morgan fingerprint density at radius 3 is 1.12 bits per heavy atom. The van der Waals surface area contributed by atoms with Gasteiger partial charge in [-0.15, -0.1) is 0 Å². The first-order valence-corrected chi connectivity index (χ1v) is 40.2. The molecule has 3 heterocycles. The fourth-order valence-electron chi connectivity index (χ4n) is 13.3. The third-order valence-electron chi connectivity index (χ3n) is 19.7. The molecule has 0 aliphatic carbocycles. The largest absolute Gasteiger partial charge is 0.394 e. The van der Waals surface area contributed by atoms with Crippen LogP contribution in [-0.4, -0.2) is 193 Å². The maximum absolute atomic E-state index is 13.5. The maximum atomic E-state index is 13.5. The molecule has 19 nitrogen and oxygen atoms in total. The first-order valence-electron chi connectivity index (χ1n) is 40.2. The Kier molecular flexibility index (Phi) is 56.1. The molecule has 3 saturated heterocycles. The Hall–Kier alpha value is -2.77. The van der Waals surface area contributed by atoms with Gasteiger partial charge in [0.2, 0.25) is 5.91 Å². The average Bonchev–Trinajstić information content (AvgIpc) is 0.783. The lowest BCUT2D eigenvalue weighted by atomic mass is 9.96. The molecule has 582 valence electrons. The number of unbranched alkanes of at least 4 members (excludes halogenated alkanes) is 37. The molecule has 0 radical (unpaired) electrons. The summed E-state index contributed by atoms with van der Waals surface area (Å²) in [4.78, 5) is 13.5. The van der Waals surface area contributed by atoms with Gasteiger partial charge in [-0.25, -0.2) is 0 Å². The van der Waals surface area contributed by atoms with Crippen LogP contribution in [0.5, 0.6) is 0 Å². The summed E-state index contributed by atoms with van der Waals surface area (Å²) in [5.74, 6) is -0.285.